The van der Waals surface area contributed by atoms with Crippen molar-refractivity contribution < 1.29 is 0 Å². The number of aromatic amines is 1. The molecular formula is C14H18N2OS2. The Morgan fingerprint density at radius 2 is 2.21 bits per heavy atom. The number of rotatable bonds is 1. The number of hydrogen-bond donors (Lipinski definition) is 1. The molecule has 102 valence electrons. The molecule has 1 aliphatic carbocycles. The van der Waals surface area contributed by atoms with Gasteiger partial charge in [-0.05, 0) is 54.8 Å². The SMILES string of the molecule is CC1CCC(n2c(=S)[nH]c3ccsc3c2=O)C(C)C1. The van der Waals surface area contributed by atoms with E-state index in [2.05, 4.69) is 18.8 Å². The second kappa shape index (κ2) is 4.87. The third kappa shape index (κ3) is 2.19. The van der Waals surface area contributed by atoms with Gasteiger partial charge in [0.1, 0.15) is 4.70 Å². The molecule has 1 saturated carbocycles. The lowest BCUT2D eigenvalue weighted by atomic mass is 9.80. The first-order valence-electron chi connectivity index (χ1n) is 6.80. The maximum Gasteiger partial charge on any atom is 0.272 e. The van der Waals surface area contributed by atoms with Crippen LogP contribution in [0.3, 0.4) is 0 Å². The number of fused-ring (bicyclic) bond motifs is 1. The Kier molecular flexibility index (Phi) is 3.35. The minimum absolute atomic E-state index is 0.0835. The van der Waals surface area contributed by atoms with E-state index in [0.717, 1.165) is 22.6 Å². The minimum Gasteiger partial charge on any atom is -0.331 e. The molecule has 3 atom stereocenters. The zero-order valence-corrected chi connectivity index (χ0v) is 12.8. The molecule has 0 aliphatic heterocycles. The van der Waals surface area contributed by atoms with E-state index >= 15 is 0 Å². The van der Waals surface area contributed by atoms with Crippen LogP contribution in [0.2, 0.25) is 0 Å². The molecule has 3 rings (SSSR count). The quantitative estimate of drug-likeness (QED) is 0.803. The lowest BCUT2D eigenvalue weighted by Crippen LogP contribution is -2.33. The largest absolute Gasteiger partial charge is 0.331 e. The van der Waals surface area contributed by atoms with Crippen molar-refractivity contribution in [3.8, 4) is 0 Å². The molecule has 0 spiro atoms. The highest BCUT2D eigenvalue weighted by Crippen LogP contribution is 2.36. The van der Waals surface area contributed by atoms with E-state index < -0.39 is 0 Å². The average molecular weight is 294 g/mol. The summed E-state index contributed by atoms with van der Waals surface area (Å²) in [7, 11) is 0. The van der Waals surface area contributed by atoms with Gasteiger partial charge in [0.15, 0.2) is 4.77 Å². The van der Waals surface area contributed by atoms with Crippen LogP contribution in [0.1, 0.15) is 39.2 Å². The van der Waals surface area contributed by atoms with Gasteiger partial charge in [-0.25, -0.2) is 0 Å². The maximum absolute atomic E-state index is 12.6. The molecule has 1 aliphatic rings. The van der Waals surface area contributed by atoms with Gasteiger partial charge >= 0.3 is 0 Å². The van der Waals surface area contributed by atoms with Crippen LogP contribution >= 0.6 is 23.6 Å². The molecule has 2 aromatic heterocycles. The van der Waals surface area contributed by atoms with Gasteiger partial charge in [0.05, 0.1) is 5.52 Å². The predicted octanol–water partition coefficient (Wildman–Crippen LogP) is 4.12. The van der Waals surface area contributed by atoms with Crippen molar-refractivity contribution in [2.24, 2.45) is 11.8 Å². The monoisotopic (exact) mass is 294 g/mol. The molecule has 19 heavy (non-hydrogen) atoms. The van der Waals surface area contributed by atoms with Crippen LogP contribution in [0.5, 0.6) is 0 Å². The lowest BCUT2D eigenvalue weighted by molar-refractivity contribution is 0.202. The standard InChI is InChI=1S/C14H18N2OS2/c1-8-3-4-11(9(2)7-8)16-13(17)12-10(5-6-19-12)15-14(16)18/h5-6,8-9,11H,3-4,7H2,1-2H3,(H,15,18). The lowest BCUT2D eigenvalue weighted by Gasteiger charge is -2.33. The Morgan fingerprint density at radius 3 is 2.95 bits per heavy atom. The van der Waals surface area contributed by atoms with E-state index in [0.29, 0.717) is 10.7 Å². The Bertz CT molecular complexity index is 712. The topological polar surface area (TPSA) is 37.8 Å². The fourth-order valence-corrected chi connectivity index (χ4v) is 4.40. The van der Waals surface area contributed by atoms with E-state index in [1.54, 1.807) is 0 Å². The van der Waals surface area contributed by atoms with Crippen molar-refractivity contribution in [1.29, 1.82) is 0 Å². The maximum atomic E-state index is 12.6. The molecular weight excluding hydrogens is 276 g/mol. The van der Waals surface area contributed by atoms with Crippen molar-refractivity contribution in [2.75, 3.05) is 0 Å². The summed E-state index contributed by atoms with van der Waals surface area (Å²) in [5.41, 5.74) is 0.952. The summed E-state index contributed by atoms with van der Waals surface area (Å²) in [6.45, 7) is 4.53. The first-order valence-corrected chi connectivity index (χ1v) is 8.08. The highest BCUT2D eigenvalue weighted by atomic mass is 32.1. The van der Waals surface area contributed by atoms with E-state index in [-0.39, 0.29) is 11.6 Å². The van der Waals surface area contributed by atoms with Gasteiger partial charge in [0.25, 0.3) is 5.56 Å². The second-order valence-electron chi connectivity index (χ2n) is 5.73. The number of nitrogens with one attached hydrogen (secondary N) is 1. The summed E-state index contributed by atoms with van der Waals surface area (Å²) < 4.78 is 3.19. The van der Waals surface area contributed by atoms with Crippen LogP contribution in [-0.2, 0) is 0 Å². The summed E-state index contributed by atoms with van der Waals surface area (Å²) in [6.07, 6.45) is 3.41. The highest BCUT2D eigenvalue weighted by molar-refractivity contribution is 7.71. The molecule has 0 amide bonds. The van der Waals surface area contributed by atoms with E-state index in [1.807, 2.05) is 16.0 Å². The van der Waals surface area contributed by atoms with Crippen LogP contribution in [0, 0.1) is 16.6 Å². The molecule has 5 heteroatoms. The molecule has 2 heterocycles. The molecule has 0 bridgehead atoms. The zero-order valence-electron chi connectivity index (χ0n) is 11.2. The first kappa shape index (κ1) is 13.1. The molecule has 0 radical (unpaired) electrons. The molecule has 1 fully saturated rings. The Hall–Kier alpha value is -0.940. The van der Waals surface area contributed by atoms with Crippen LogP contribution in [0.25, 0.3) is 10.2 Å². The Morgan fingerprint density at radius 1 is 1.42 bits per heavy atom. The zero-order chi connectivity index (χ0) is 13.6. The third-order valence-corrected chi connectivity index (χ3v) is 5.46. The van der Waals surface area contributed by atoms with Gasteiger partial charge in [0.2, 0.25) is 0 Å². The Balaban J connectivity index is 2.14. The van der Waals surface area contributed by atoms with E-state index in [1.165, 1.54) is 24.2 Å². The first-order chi connectivity index (χ1) is 9.08. The summed E-state index contributed by atoms with van der Waals surface area (Å²) in [4.78, 5) is 15.8. The number of hydrogen-bond acceptors (Lipinski definition) is 3. The summed E-state index contributed by atoms with van der Waals surface area (Å²) in [6, 6.07) is 2.17. The number of nitrogens with zero attached hydrogens (tertiary/aromatic N) is 1. The van der Waals surface area contributed by atoms with Gasteiger partial charge in [-0.2, -0.15) is 0 Å². The van der Waals surface area contributed by atoms with Gasteiger partial charge in [-0.15, -0.1) is 11.3 Å². The molecule has 3 unspecified atom stereocenters. The summed E-state index contributed by atoms with van der Waals surface area (Å²) in [5, 5.41) is 1.94. The predicted molar refractivity (Wildman–Crippen MR) is 82.5 cm³/mol. The van der Waals surface area contributed by atoms with Gasteiger partial charge < -0.3 is 4.98 Å². The molecule has 0 aromatic carbocycles. The van der Waals surface area contributed by atoms with E-state index in [9.17, 15) is 4.79 Å². The average Bonchev–Trinajstić information content (AvgIpc) is 2.80. The van der Waals surface area contributed by atoms with Crippen molar-refractivity contribution in [3.63, 3.8) is 0 Å². The smallest absolute Gasteiger partial charge is 0.272 e. The highest BCUT2D eigenvalue weighted by Gasteiger charge is 2.28. The normalized spacial score (nSPS) is 27.8. The van der Waals surface area contributed by atoms with Crippen molar-refractivity contribution in [2.45, 2.75) is 39.2 Å². The van der Waals surface area contributed by atoms with Gasteiger partial charge in [-0.1, -0.05) is 13.8 Å². The number of aromatic nitrogens is 2. The van der Waals surface area contributed by atoms with Crippen LogP contribution < -0.4 is 5.56 Å². The summed E-state index contributed by atoms with van der Waals surface area (Å²) in [5.74, 6) is 1.26. The molecule has 0 saturated heterocycles. The fraction of sp³-hybridized carbons (Fsp3) is 0.571. The van der Waals surface area contributed by atoms with E-state index in [4.69, 9.17) is 12.2 Å². The van der Waals surface area contributed by atoms with Crippen LogP contribution in [0.15, 0.2) is 16.2 Å². The van der Waals surface area contributed by atoms with Gasteiger partial charge in [0, 0.05) is 6.04 Å². The second-order valence-corrected chi connectivity index (χ2v) is 7.03. The molecule has 1 N–H and O–H groups in total. The van der Waals surface area contributed by atoms with Crippen LogP contribution in [0.4, 0.5) is 0 Å². The van der Waals surface area contributed by atoms with Crippen molar-refractivity contribution in [1.82, 2.24) is 9.55 Å². The molecule has 2 aromatic rings. The summed E-state index contributed by atoms with van der Waals surface area (Å²) >= 11 is 6.90. The van der Waals surface area contributed by atoms with Crippen LogP contribution in [-0.4, -0.2) is 9.55 Å². The number of H-pyrrole nitrogens is 1. The van der Waals surface area contributed by atoms with Gasteiger partial charge in [-0.3, -0.25) is 9.36 Å². The van der Waals surface area contributed by atoms with Crippen molar-refractivity contribution >= 4 is 33.8 Å². The van der Waals surface area contributed by atoms with Crippen molar-refractivity contribution in [3.05, 3.63) is 26.6 Å². The number of thiophene rings is 1. The fourth-order valence-electron chi connectivity index (χ4n) is 3.28. The molecule has 3 nitrogen and oxygen atoms in total. The third-order valence-electron chi connectivity index (χ3n) is 4.26. The Labute approximate surface area is 121 Å². The minimum atomic E-state index is 0.0835.